The fourth-order valence-electron chi connectivity index (χ4n) is 2.10. The molecule has 2 aliphatic heterocycles. The minimum Gasteiger partial charge on any atom is -0.325 e. The second kappa shape index (κ2) is 5.24. The fourth-order valence-corrected chi connectivity index (χ4v) is 3.23. The highest BCUT2D eigenvalue weighted by Crippen LogP contribution is 2.29. The molecule has 1 aromatic rings. The SMILES string of the molecule is O=C(Nc1ccc(F)cc1)[C@@H]1CC(=O)N2CCN=C2S1. The van der Waals surface area contributed by atoms with Gasteiger partial charge >= 0.3 is 0 Å². The van der Waals surface area contributed by atoms with E-state index in [1.54, 1.807) is 4.90 Å². The molecular weight excluding hydrogens is 281 g/mol. The minimum absolute atomic E-state index is 0.0701. The van der Waals surface area contributed by atoms with Gasteiger partial charge in [0.05, 0.1) is 6.54 Å². The molecule has 1 N–H and O–H groups in total. The number of carbonyl (C=O) groups is 2. The van der Waals surface area contributed by atoms with Crippen molar-refractivity contribution in [3.05, 3.63) is 30.1 Å². The maximum atomic E-state index is 12.8. The van der Waals surface area contributed by atoms with Crippen LogP contribution < -0.4 is 5.32 Å². The van der Waals surface area contributed by atoms with E-state index in [2.05, 4.69) is 10.3 Å². The molecule has 0 unspecified atom stereocenters. The zero-order valence-corrected chi connectivity index (χ0v) is 11.3. The Bertz CT molecular complexity index is 588. The van der Waals surface area contributed by atoms with Crippen LogP contribution >= 0.6 is 11.8 Å². The smallest absolute Gasteiger partial charge is 0.238 e. The topological polar surface area (TPSA) is 61.8 Å². The number of amidine groups is 1. The lowest BCUT2D eigenvalue weighted by Gasteiger charge is -2.27. The Labute approximate surface area is 119 Å². The zero-order chi connectivity index (χ0) is 14.1. The number of benzene rings is 1. The van der Waals surface area contributed by atoms with Crippen molar-refractivity contribution in [2.45, 2.75) is 11.7 Å². The van der Waals surface area contributed by atoms with Gasteiger partial charge in [0.2, 0.25) is 11.8 Å². The van der Waals surface area contributed by atoms with Crippen LogP contribution in [0, 0.1) is 5.82 Å². The second-order valence-electron chi connectivity index (χ2n) is 4.52. The van der Waals surface area contributed by atoms with Crippen LogP contribution in [0.2, 0.25) is 0 Å². The average molecular weight is 293 g/mol. The Hall–Kier alpha value is -1.89. The van der Waals surface area contributed by atoms with Gasteiger partial charge in [0, 0.05) is 18.7 Å². The van der Waals surface area contributed by atoms with Crippen LogP contribution in [0.5, 0.6) is 0 Å². The number of rotatable bonds is 2. The van der Waals surface area contributed by atoms with E-state index in [0.29, 0.717) is 23.9 Å². The molecule has 104 valence electrons. The van der Waals surface area contributed by atoms with Gasteiger partial charge in [-0.15, -0.1) is 0 Å². The number of halogens is 1. The van der Waals surface area contributed by atoms with Crippen LogP contribution in [0.15, 0.2) is 29.3 Å². The zero-order valence-electron chi connectivity index (χ0n) is 10.5. The summed E-state index contributed by atoms with van der Waals surface area (Å²) in [4.78, 5) is 29.9. The van der Waals surface area contributed by atoms with E-state index in [0.717, 1.165) is 0 Å². The number of hydrogen-bond acceptors (Lipinski definition) is 4. The van der Waals surface area contributed by atoms with Crippen molar-refractivity contribution in [1.29, 1.82) is 0 Å². The number of aliphatic imine (C=N–C) groups is 1. The molecule has 0 radical (unpaired) electrons. The van der Waals surface area contributed by atoms with Crippen LogP contribution in [0.4, 0.5) is 10.1 Å². The van der Waals surface area contributed by atoms with Crippen LogP contribution in [0.25, 0.3) is 0 Å². The third-order valence-electron chi connectivity index (χ3n) is 3.11. The summed E-state index contributed by atoms with van der Waals surface area (Å²) in [7, 11) is 0. The lowest BCUT2D eigenvalue weighted by molar-refractivity contribution is -0.129. The molecule has 0 aromatic heterocycles. The van der Waals surface area contributed by atoms with Crippen LogP contribution in [-0.2, 0) is 9.59 Å². The standard InChI is InChI=1S/C13H12FN3O2S/c14-8-1-3-9(4-2-8)16-12(19)10-7-11(18)17-6-5-15-13(17)20-10/h1-4,10H,5-7H2,(H,16,19)/t10-/m0/s1. The lowest BCUT2D eigenvalue weighted by atomic mass is 10.2. The Kier molecular flexibility index (Phi) is 3.43. The largest absolute Gasteiger partial charge is 0.325 e. The maximum absolute atomic E-state index is 12.8. The van der Waals surface area contributed by atoms with Crippen molar-refractivity contribution in [2.24, 2.45) is 4.99 Å². The molecule has 0 aliphatic carbocycles. The summed E-state index contributed by atoms with van der Waals surface area (Å²) in [6.07, 6.45) is 0.163. The monoisotopic (exact) mass is 293 g/mol. The number of nitrogens with one attached hydrogen (secondary N) is 1. The highest BCUT2D eigenvalue weighted by atomic mass is 32.2. The molecular formula is C13H12FN3O2S. The average Bonchev–Trinajstić information content (AvgIpc) is 2.90. The Morgan fingerprint density at radius 3 is 2.90 bits per heavy atom. The van der Waals surface area contributed by atoms with Gasteiger partial charge < -0.3 is 5.32 Å². The lowest BCUT2D eigenvalue weighted by Crippen LogP contribution is -2.43. The van der Waals surface area contributed by atoms with Crippen molar-refractivity contribution in [1.82, 2.24) is 4.90 Å². The molecule has 7 heteroatoms. The molecule has 1 atom stereocenters. The summed E-state index contributed by atoms with van der Waals surface area (Å²) >= 11 is 1.31. The van der Waals surface area contributed by atoms with Crippen molar-refractivity contribution in [3.63, 3.8) is 0 Å². The van der Waals surface area contributed by atoms with Crippen molar-refractivity contribution in [3.8, 4) is 0 Å². The Balaban J connectivity index is 1.68. The van der Waals surface area contributed by atoms with E-state index in [9.17, 15) is 14.0 Å². The first kappa shape index (κ1) is 13.1. The summed E-state index contributed by atoms with van der Waals surface area (Å²) in [6.45, 7) is 1.20. The van der Waals surface area contributed by atoms with Crippen LogP contribution in [0.1, 0.15) is 6.42 Å². The number of nitrogens with zero attached hydrogens (tertiary/aromatic N) is 2. The minimum atomic E-state index is -0.486. The van der Waals surface area contributed by atoms with Crippen molar-refractivity contribution >= 4 is 34.4 Å². The maximum Gasteiger partial charge on any atom is 0.238 e. The molecule has 0 spiro atoms. The van der Waals surface area contributed by atoms with Gasteiger partial charge in [-0.3, -0.25) is 19.5 Å². The molecule has 0 bridgehead atoms. The van der Waals surface area contributed by atoms with Gasteiger partial charge in [-0.1, -0.05) is 11.8 Å². The molecule has 2 aliphatic rings. The fraction of sp³-hybridized carbons (Fsp3) is 0.308. The molecule has 2 heterocycles. The first-order chi connectivity index (χ1) is 9.63. The highest BCUT2D eigenvalue weighted by molar-refractivity contribution is 8.15. The number of anilines is 1. The van der Waals surface area contributed by atoms with Crippen molar-refractivity contribution < 1.29 is 14.0 Å². The third kappa shape index (κ3) is 2.53. The Morgan fingerprint density at radius 2 is 2.15 bits per heavy atom. The number of thioether (sulfide) groups is 1. The van der Waals surface area contributed by atoms with Gasteiger partial charge in [-0.25, -0.2) is 4.39 Å². The summed E-state index contributed by atoms with van der Waals surface area (Å²) < 4.78 is 12.8. The van der Waals surface area contributed by atoms with Crippen molar-refractivity contribution in [2.75, 3.05) is 18.4 Å². The van der Waals surface area contributed by atoms with Crippen LogP contribution in [0.3, 0.4) is 0 Å². The molecule has 2 amide bonds. The summed E-state index contributed by atoms with van der Waals surface area (Å²) in [6, 6.07) is 5.53. The molecule has 20 heavy (non-hydrogen) atoms. The molecule has 5 nitrogen and oxygen atoms in total. The molecule has 1 saturated heterocycles. The third-order valence-corrected chi connectivity index (χ3v) is 4.34. The normalized spacial score (nSPS) is 21.4. The van der Waals surface area contributed by atoms with Crippen LogP contribution in [-0.4, -0.2) is 40.2 Å². The number of fused-ring (bicyclic) bond motifs is 1. The number of hydrogen-bond donors (Lipinski definition) is 1. The summed E-state index contributed by atoms with van der Waals surface area (Å²) in [5.74, 6) is -0.690. The first-order valence-electron chi connectivity index (χ1n) is 6.21. The number of amides is 2. The summed E-state index contributed by atoms with van der Waals surface area (Å²) in [5.41, 5.74) is 0.514. The van der Waals surface area contributed by atoms with Gasteiger partial charge in [0.25, 0.3) is 0 Å². The molecule has 1 aromatic carbocycles. The highest BCUT2D eigenvalue weighted by Gasteiger charge is 2.37. The molecule has 1 fully saturated rings. The quantitative estimate of drug-likeness (QED) is 0.898. The predicted octanol–water partition coefficient (Wildman–Crippen LogP) is 1.47. The van der Waals surface area contributed by atoms with E-state index < -0.39 is 5.25 Å². The molecule has 0 saturated carbocycles. The van der Waals surface area contributed by atoms with Gasteiger partial charge in [-0.2, -0.15) is 0 Å². The van der Waals surface area contributed by atoms with E-state index in [1.165, 1.54) is 36.0 Å². The number of carbonyl (C=O) groups excluding carboxylic acids is 2. The van der Waals surface area contributed by atoms with Gasteiger partial charge in [0.1, 0.15) is 11.1 Å². The molecule has 3 rings (SSSR count). The van der Waals surface area contributed by atoms with Gasteiger partial charge in [-0.05, 0) is 24.3 Å². The first-order valence-corrected chi connectivity index (χ1v) is 7.09. The van der Waals surface area contributed by atoms with Gasteiger partial charge in [0.15, 0.2) is 5.17 Å². The Morgan fingerprint density at radius 1 is 1.40 bits per heavy atom. The predicted molar refractivity (Wildman–Crippen MR) is 75.0 cm³/mol. The van der Waals surface area contributed by atoms with E-state index in [4.69, 9.17) is 0 Å². The second-order valence-corrected chi connectivity index (χ2v) is 5.69. The van der Waals surface area contributed by atoms with E-state index >= 15 is 0 Å². The van der Waals surface area contributed by atoms with E-state index in [1.807, 2.05) is 0 Å². The summed E-state index contributed by atoms with van der Waals surface area (Å²) in [5, 5.41) is 2.83. The van der Waals surface area contributed by atoms with E-state index in [-0.39, 0.29) is 24.1 Å².